The summed E-state index contributed by atoms with van der Waals surface area (Å²) >= 11 is 0. The van der Waals surface area contributed by atoms with Gasteiger partial charge >= 0.3 is 0 Å². The van der Waals surface area contributed by atoms with Gasteiger partial charge in [-0.3, -0.25) is 20.0 Å². The highest BCUT2D eigenvalue weighted by molar-refractivity contribution is 5.77. The molecule has 4 rings (SSSR count). The zero-order valence-corrected chi connectivity index (χ0v) is 16.5. The Morgan fingerprint density at radius 3 is 2.61 bits per heavy atom. The molecule has 2 aliphatic heterocycles. The Bertz CT molecular complexity index is 785. The SMILES string of the molecule is CC(C)c1noc(CN2CCN(C3CC(=O)NNC3c3ccccc3)CC2)n1. The Kier molecular flexibility index (Phi) is 5.70. The van der Waals surface area contributed by atoms with Crippen LogP contribution in [-0.2, 0) is 11.3 Å². The Morgan fingerprint density at radius 2 is 1.93 bits per heavy atom. The van der Waals surface area contributed by atoms with Crippen molar-refractivity contribution in [3.05, 3.63) is 47.6 Å². The minimum absolute atomic E-state index is 0.0479. The maximum absolute atomic E-state index is 12.0. The Labute approximate surface area is 165 Å². The Morgan fingerprint density at radius 1 is 1.18 bits per heavy atom. The molecule has 2 unspecified atom stereocenters. The van der Waals surface area contributed by atoms with Gasteiger partial charge in [0, 0.05) is 44.6 Å². The second kappa shape index (κ2) is 8.38. The lowest BCUT2D eigenvalue weighted by molar-refractivity contribution is -0.127. The summed E-state index contributed by atoms with van der Waals surface area (Å²) in [5.41, 5.74) is 7.20. The molecule has 150 valence electrons. The first kappa shape index (κ1) is 19.0. The molecule has 0 bridgehead atoms. The zero-order valence-electron chi connectivity index (χ0n) is 16.5. The van der Waals surface area contributed by atoms with Crippen LogP contribution in [0.15, 0.2) is 34.9 Å². The fourth-order valence-corrected chi connectivity index (χ4v) is 3.93. The molecule has 2 aromatic rings. The van der Waals surface area contributed by atoms with E-state index in [1.807, 2.05) is 18.2 Å². The summed E-state index contributed by atoms with van der Waals surface area (Å²) in [4.78, 5) is 21.3. The Hall–Kier alpha value is -2.29. The largest absolute Gasteiger partial charge is 0.338 e. The summed E-state index contributed by atoms with van der Waals surface area (Å²) in [6.45, 7) is 8.45. The van der Waals surface area contributed by atoms with Crippen LogP contribution in [0.5, 0.6) is 0 Å². The van der Waals surface area contributed by atoms with Crippen LogP contribution in [0, 0.1) is 0 Å². The smallest absolute Gasteiger partial charge is 0.240 e. The first-order valence-corrected chi connectivity index (χ1v) is 9.98. The third kappa shape index (κ3) is 4.24. The predicted octanol–water partition coefficient (Wildman–Crippen LogP) is 1.45. The molecule has 2 saturated heterocycles. The molecule has 2 atom stereocenters. The molecule has 2 N–H and O–H groups in total. The van der Waals surface area contributed by atoms with E-state index in [9.17, 15) is 4.79 Å². The van der Waals surface area contributed by atoms with Crippen LogP contribution in [0.25, 0.3) is 0 Å². The van der Waals surface area contributed by atoms with Gasteiger partial charge in [0.2, 0.25) is 11.8 Å². The van der Waals surface area contributed by atoms with Crippen LogP contribution in [0.2, 0.25) is 0 Å². The summed E-state index contributed by atoms with van der Waals surface area (Å²) in [5.74, 6) is 1.76. The highest BCUT2D eigenvalue weighted by Gasteiger charge is 2.36. The number of nitrogens with zero attached hydrogens (tertiary/aromatic N) is 4. The molecule has 0 spiro atoms. The van der Waals surface area contributed by atoms with E-state index in [4.69, 9.17) is 4.52 Å². The fraction of sp³-hybridized carbons (Fsp3) is 0.550. The average molecular weight is 384 g/mol. The molecule has 3 heterocycles. The van der Waals surface area contributed by atoms with Crippen LogP contribution >= 0.6 is 0 Å². The molecule has 0 saturated carbocycles. The highest BCUT2D eigenvalue weighted by atomic mass is 16.5. The van der Waals surface area contributed by atoms with Gasteiger partial charge < -0.3 is 4.52 Å². The topological polar surface area (TPSA) is 86.5 Å². The van der Waals surface area contributed by atoms with Crippen LogP contribution in [0.4, 0.5) is 0 Å². The molecule has 28 heavy (non-hydrogen) atoms. The standard InChI is InChI=1S/C20H28N6O2/c1-14(2)20-21-18(28-24-20)13-25-8-10-26(11-9-25)16-12-17(27)22-23-19(16)15-6-4-3-5-7-15/h3-7,14,16,19,23H,8-13H2,1-2H3,(H,22,27). The van der Waals surface area contributed by atoms with Gasteiger partial charge in [0.05, 0.1) is 12.6 Å². The molecule has 0 radical (unpaired) electrons. The number of piperazine rings is 1. The van der Waals surface area contributed by atoms with Gasteiger partial charge in [-0.15, -0.1) is 0 Å². The summed E-state index contributed by atoms with van der Waals surface area (Å²) in [5, 5.41) is 4.05. The van der Waals surface area contributed by atoms with E-state index >= 15 is 0 Å². The van der Waals surface area contributed by atoms with Gasteiger partial charge in [0.25, 0.3) is 0 Å². The van der Waals surface area contributed by atoms with Crippen LogP contribution in [-0.4, -0.2) is 58.1 Å². The number of carbonyl (C=O) groups is 1. The van der Waals surface area contributed by atoms with E-state index in [-0.39, 0.29) is 23.9 Å². The van der Waals surface area contributed by atoms with Gasteiger partial charge in [-0.25, -0.2) is 5.43 Å². The highest BCUT2D eigenvalue weighted by Crippen LogP contribution is 2.26. The number of amides is 1. The predicted molar refractivity (Wildman–Crippen MR) is 104 cm³/mol. The number of aromatic nitrogens is 2. The number of rotatable bonds is 5. The summed E-state index contributed by atoms with van der Waals surface area (Å²) in [7, 11) is 0. The van der Waals surface area contributed by atoms with E-state index in [0.29, 0.717) is 18.9 Å². The molecule has 2 aliphatic rings. The van der Waals surface area contributed by atoms with Crippen molar-refractivity contribution >= 4 is 5.91 Å². The van der Waals surface area contributed by atoms with Crippen molar-refractivity contribution in [2.75, 3.05) is 26.2 Å². The molecule has 1 aromatic heterocycles. The number of carbonyl (C=O) groups excluding carboxylic acids is 1. The van der Waals surface area contributed by atoms with Gasteiger partial charge in [-0.05, 0) is 5.56 Å². The van der Waals surface area contributed by atoms with Gasteiger partial charge in [-0.1, -0.05) is 49.3 Å². The molecule has 0 aliphatic carbocycles. The minimum atomic E-state index is 0.0479. The Balaban J connectivity index is 1.37. The van der Waals surface area contributed by atoms with Crippen LogP contribution in [0.3, 0.4) is 0 Å². The van der Waals surface area contributed by atoms with Crippen molar-refractivity contribution in [1.82, 2.24) is 30.8 Å². The number of hydrazine groups is 1. The van der Waals surface area contributed by atoms with Gasteiger partial charge in [-0.2, -0.15) is 4.98 Å². The lowest BCUT2D eigenvalue weighted by atomic mass is 9.93. The minimum Gasteiger partial charge on any atom is -0.338 e. The van der Waals surface area contributed by atoms with Crippen molar-refractivity contribution in [2.24, 2.45) is 0 Å². The number of hydrogen-bond acceptors (Lipinski definition) is 7. The van der Waals surface area contributed by atoms with Crippen molar-refractivity contribution < 1.29 is 9.32 Å². The zero-order chi connectivity index (χ0) is 19.5. The molecular formula is C20H28N6O2. The molecule has 8 heteroatoms. The summed E-state index contributed by atoms with van der Waals surface area (Å²) in [6, 6.07) is 10.6. The van der Waals surface area contributed by atoms with Crippen molar-refractivity contribution in [1.29, 1.82) is 0 Å². The molecule has 2 fully saturated rings. The molecule has 8 nitrogen and oxygen atoms in total. The number of nitrogens with one attached hydrogen (secondary N) is 2. The van der Waals surface area contributed by atoms with E-state index < -0.39 is 0 Å². The van der Waals surface area contributed by atoms with Crippen LogP contribution < -0.4 is 10.9 Å². The van der Waals surface area contributed by atoms with Crippen molar-refractivity contribution in [2.45, 2.75) is 44.8 Å². The summed E-state index contributed by atoms with van der Waals surface area (Å²) < 4.78 is 5.38. The number of benzene rings is 1. The lowest BCUT2D eigenvalue weighted by Gasteiger charge is -2.44. The normalized spacial score (nSPS) is 24.5. The van der Waals surface area contributed by atoms with Crippen molar-refractivity contribution in [3.63, 3.8) is 0 Å². The molecule has 1 aromatic carbocycles. The maximum atomic E-state index is 12.0. The first-order valence-electron chi connectivity index (χ1n) is 9.98. The van der Waals surface area contributed by atoms with E-state index in [0.717, 1.165) is 32.0 Å². The van der Waals surface area contributed by atoms with Crippen LogP contribution in [0.1, 0.15) is 49.5 Å². The average Bonchev–Trinajstić information content (AvgIpc) is 3.18. The van der Waals surface area contributed by atoms with Gasteiger partial charge in [0.15, 0.2) is 5.82 Å². The molecule has 1 amide bonds. The van der Waals surface area contributed by atoms with Crippen molar-refractivity contribution in [3.8, 4) is 0 Å². The maximum Gasteiger partial charge on any atom is 0.240 e. The fourth-order valence-electron chi connectivity index (χ4n) is 3.93. The second-order valence-electron chi connectivity index (χ2n) is 7.87. The third-order valence-electron chi connectivity index (χ3n) is 5.54. The quantitative estimate of drug-likeness (QED) is 0.807. The van der Waals surface area contributed by atoms with Gasteiger partial charge in [0.1, 0.15) is 0 Å². The second-order valence-corrected chi connectivity index (χ2v) is 7.87. The van der Waals surface area contributed by atoms with E-state index in [1.165, 1.54) is 5.56 Å². The van der Waals surface area contributed by atoms with E-state index in [2.05, 4.69) is 56.8 Å². The summed E-state index contributed by atoms with van der Waals surface area (Å²) in [6.07, 6.45) is 0.508. The van der Waals surface area contributed by atoms with E-state index in [1.54, 1.807) is 0 Å². The first-order chi connectivity index (χ1) is 13.6. The molecular weight excluding hydrogens is 356 g/mol. The third-order valence-corrected chi connectivity index (χ3v) is 5.54. The lowest BCUT2D eigenvalue weighted by Crippen LogP contribution is -2.60. The monoisotopic (exact) mass is 384 g/mol. The number of hydrogen-bond donors (Lipinski definition) is 2.